The molecule has 5 heteroatoms. The highest BCUT2D eigenvalue weighted by Gasteiger charge is 2.05. The third-order valence-corrected chi connectivity index (χ3v) is 4.91. The molecule has 0 radical (unpaired) electrons. The molecule has 0 bridgehead atoms. The van der Waals surface area contributed by atoms with Gasteiger partial charge in [-0.15, -0.1) is 6.42 Å². The summed E-state index contributed by atoms with van der Waals surface area (Å²) in [5.74, 6) is 3.21. The Hall–Kier alpha value is -4.30. The maximum Gasteiger partial charge on any atom is 0.223 e. The monoisotopic (exact) mass is 387 g/mol. The number of hydrogen-bond acceptors (Lipinski definition) is 5. The maximum atomic E-state index is 5.46. The van der Waals surface area contributed by atoms with E-state index < -0.39 is 0 Å². The number of hydrogen-bond donors (Lipinski definition) is 1. The first kappa shape index (κ1) is 17.8. The third kappa shape index (κ3) is 3.54. The van der Waals surface area contributed by atoms with Crippen LogP contribution in [0.5, 0.6) is 0 Å². The van der Waals surface area contributed by atoms with Crippen molar-refractivity contribution in [2.24, 2.45) is 0 Å². The van der Waals surface area contributed by atoms with Crippen LogP contribution in [0.2, 0.25) is 0 Å². The molecule has 1 N–H and O–H groups in total. The van der Waals surface area contributed by atoms with Gasteiger partial charge < -0.3 is 5.32 Å². The quantitative estimate of drug-likeness (QED) is 0.447. The van der Waals surface area contributed by atoms with Crippen LogP contribution in [0.25, 0.3) is 33.1 Å². The lowest BCUT2D eigenvalue weighted by Crippen LogP contribution is -2.04. The molecule has 0 unspecified atom stereocenters. The molecular weight excluding hydrogens is 370 g/mol. The molecule has 0 spiro atoms. The van der Waals surface area contributed by atoms with Crippen molar-refractivity contribution in [2.75, 3.05) is 5.32 Å². The van der Waals surface area contributed by atoms with Crippen molar-refractivity contribution in [2.45, 2.75) is 6.54 Å². The van der Waals surface area contributed by atoms with Crippen LogP contribution in [0.3, 0.4) is 0 Å². The summed E-state index contributed by atoms with van der Waals surface area (Å²) >= 11 is 0. The number of nitrogens with zero attached hydrogens (tertiary/aromatic N) is 4. The zero-order chi connectivity index (χ0) is 20.3. The van der Waals surface area contributed by atoms with Gasteiger partial charge in [0.2, 0.25) is 5.95 Å². The Morgan fingerprint density at radius 3 is 2.70 bits per heavy atom. The standard InChI is InChI=1S/C25H17N5/c1-2-17-5-6-20-12-18(15-28-24(20)13-17)16-29-25-27-11-9-23(30-25)21-7-8-22-19(14-21)4-3-10-26-22/h1,3-15H,16H2,(H,27,29,30). The van der Waals surface area contributed by atoms with Crippen LogP contribution in [-0.2, 0) is 6.54 Å². The zero-order valence-corrected chi connectivity index (χ0v) is 16.1. The molecule has 30 heavy (non-hydrogen) atoms. The Morgan fingerprint density at radius 1 is 0.833 bits per heavy atom. The summed E-state index contributed by atoms with van der Waals surface area (Å²) in [5.41, 5.74) is 5.61. The summed E-state index contributed by atoms with van der Waals surface area (Å²) in [5, 5.41) is 5.42. The lowest BCUT2D eigenvalue weighted by Gasteiger charge is -2.08. The third-order valence-electron chi connectivity index (χ3n) is 4.91. The summed E-state index contributed by atoms with van der Waals surface area (Å²) in [6.45, 7) is 0.574. The van der Waals surface area contributed by atoms with Crippen molar-refractivity contribution in [3.63, 3.8) is 0 Å². The van der Waals surface area contributed by atoms with Gasteiger partial charge >= 0.3 is 0 Å². The summed E-state index contributed by atoms with van der Waals surface area (Å²) in [4.78, 5) is 17.9. The Balaban J connectivity index is 1.36. The molecule has 5 nitrogen and oxygen atoms in total. The minimum Gasteiger partial charge on any atom is -0.350 e. The Bertz CT molecular complexity index is 1420. The predicted molar refractivity (Wildman–Crippen MR) is 120 cm³/mol. The molecule has 5 aromatic rings. The number of pyridine rings is 2. The first-order chi connectivity index (χ1) is 14.8. The first-order valence-corrected chi connectivity index (χ1v) is 9.56. The molecule has 5 rings (SSSR count). The molecule has 0 aliphatic carbocycles. The number of aromatic nitrogens is 4. The second kappa shape index (κ2) is 7.61. The van der Waals surface area contributed by atoms with Gasteiger partial charge in [0.15, 0.2) is 0 Å². The van der Waals surface area contributed by atoms with Gasteiger partial charge in [-0.3, -0.25) is 9.97 Å². The van der Waals surface area contributed by atoms with E-state index in [1.54, 1.807) is 12.4 Å². The summed E-state index contributed by atoms with van der Waals surface area (Å²) in [7, 11) is 0. The predicted octanol–water partition coefficient (Wildman–Crippen LogP) is 4.83. The molecule has 0 saturated heterocycles. The van der Waals surface area contributed by atoms with E-state index in [1.807, 2.05) is 54.7 Å². The highest BCUT2D eigenvalue weighted by molar-refractivity contribution is 5.83. The molecule has 0 saturated carbocycles. The highest BCUT2D eigenvalue weighted by Crippen LogP contribution is 2.22. The molecule has 0 atom stereocenters. The Kier molecular flexibility index (Phi) is 4.51. The van der Waals surface area contributed by atoms with Gasteiger partial charge in [-0.2, -0.15) is 0 Å². The van der Waals surface area contributed by atoms with Gasteiger partial charge in [-0.1, -0.05) is 24.1 Å². The van der Waals surface area contributed by atoms with Crippen LogP contribution in [0.1, 0.15) is 11.1 Å². The smallest absolute Gasteiger partial charge is 0.223 e. The number of fused-ring (bicyclic) bond motifs is 2. The van der Waals surface area contributed by atoms with Gasteiger partial charge in [0.25, 0.3) is 0 Å². The van der Waals surface area contributed by atoms with Crippen LogP contribution in [0.4, 0.5) is 5.95 Å². The normalized spacial score (nSPS) is 10.8. The SMILES string of the molecule is C#Cc1ccc2cc(CNc3nccc(-c4ccc5ncccc5c4)n3)cnc2c1. The second-order valence-electron chi connectivity index (χ2n) is 6.93. The van der Waals surface area contributed by atoms with E-state index in [1.165, 1.54) is 0 Å². The van der Waals surface area contributed by atoms with Crippen molar-refractivity contribution in [3.8, 4) is 23.6 Å². The van der Waals surface area contributed by atoms with Gasteiger partial charge in [-0.25, -0.2) is 9.97 Å². The van der Waals surface area contributed by atoms with Crippen LogP contribution >= 0.6 is 0 Å². The van der Waals surface area contributed by atoms with Crippen molar-refractivity contribution < 1.29 is 0 Å². The topological polar surface area (TPSA) is 63.6 Å². The van der Waals surface area contributed by atoms with Gasteiger partial charge in [-0.05, 0) is 48.0 Å². The lowest BCUT2D eigenvalue weighted by atomic mass is 10.1. The fourth-order valence-electron chi connectivity index (χ4n) is 3.37. The maximum absolute atomic E-state index is 5.46. The molecule has 0 aliphatic heterocycles. The average Bonchev–Trinajstić information content (AvgIpc) is 2.82. The summed E-state index contributed by atoms with van der Waals surface area (Å²) < 4.78 is 0. The molecule has 0 amide bonds. The molecule has 142 valence electrons. The van der Waals surface area contributed by atoms with E-state index in [9.17, 15) is 0 Å². The highest BCUT2D eigenvalue weighted by atomic mass is 15.1. The molecule has 0 aliphatic rings. The van der Waals surface area contributed by atoms with Gasteiger partial charge in [0, 0.05) is 47.0 Å². The second-order valence-corrected chi connectivity index (χ2v) is 6.93. The Labute approximate surface area is 173 Å². The Morgan fingerprint density at radius 2 is 1.77 bits per heavy atom. The minimum absolute atomic E-state index is 0.571. The molecule has 3 aromatic heterocycles. The van der Waals surface area contributed by atoms with E-state index in [4.69, 9.17) is 6.42 Å². The van der Waals surface area contributed by atoms with Crippen LogP contribution in [0.15, 0.2) is 79.3 Å². The van der Waals surface area contributed by atoms with E-state index >= 15 is 0 Å². The largest absolute Gasteiger partial charge is 0.350 e. The van der Waals surface area contributed by atoms with Crippen LogP contribution in [0, 0.1) is 12.3 Å². The first-order valence-electron chi connectivity index (χ1n) is 9.56. The number of rotatable bonds is 4. The summed E-state index contributed by atoms with van der Waals surface area (Å²) in [6, 6.07) is 19.9. The van der Waals surface area contributed by atoms with E-state index in [0.717, 1.165) is 44.2 Å². The molecule has 2 aromatic carbocycles. The van der Waals surface area contributed by atoms with Gasteiger partial charge in [0.1, 0.15) is 0 Å². The summed E-state index contributed by atoms with van der Waals surface area (Å²) in [6.07, 6.45) is 10.9. The zero-order valence-electron chi connectivity index (χ0n) is 16.1. The van der Waals surface area contributed by atoms with Crippen molar-refractivity contribution in [1.29, 1.82) is 0 Å². The lowest BCUT2D eigenvalue weighted by molar-refractivity contribution is 1.05. The minimum atomic E-state index is 0.571. The number of terminal acetylenes is 1. The van der Waals surface area contributed by atoms with Gasteiger partial charge in [0.05, 0.1) is 16.7 Å². The number of benzene rings is 2. The molecular formula is C25H17N5. The fourth-order valence-corrected chi connectivity index (χ4v) is 3.37. The van der Waals surface area contributed by atoms with Crippen molar-refractivity contribution in [1.82, 2.24) is 19.9 Å². The average molecular weight is 387 g/mol. The molecule has 3 heterocycles. The van der Waals surface area contributed by atoms with Crippen molar-refractivity contribution in [3.05, 3.63) is 90.4 Å². The van der Waals surface area contributed by atoms with E-state index in [2.05, 4.69) is 43.3 Å². The van der Waals surface area contributed by atoms with Crippen molar-refractivity contribution >= 4 is 27.8 Å². The molecule has 0 fully saturated rings. The van der Waals surface area contributed by atoms with Crippen LogP contribution < -0.4 is 5.32 Å². The van der Waals surface area contributed by atoms with Crippen LogP contribution in [-0.4, -0.2) is 19.9 Å². The fraction of sp³-hybridized carbons (Fsp3) is 0.0400. The van der Waals surface area contributed by atoms with E-state index in [0.29, 0.717) is 12.5 Å². The number of anilines is 1. The number of nitrogens with one attached hydrogen (secondary N) is 1. The van der Waals surface area contributed by atoms with E-state index in [-0.39, 0.29) is 0 Å².